The molecule has 0 saturated heterocycles. The summed E-state index contributed by atoms with van der Waals surface area (Å²) in [5.74, 6) is 0. The highest BCUT2D eigenvalue weighted by molar-refractivity contribution is 5.84. The van der Waals surface area contributed by atoms with Crippen molar-refractivity contribution in [3.05, 3.63) is 59.4 Å². The van der Waals surface area contributed by atoms with Crippen LogP contribution in [0.4, 0.5) is 35.9 Å². The highest BCUT2D eigenvalue weighted by Gasteiger charge is 2.41. The zero-order valence-electron chi connectivity index (χ0n) is 11.5. The summed E-state index contributed by atoms with van der Waals surface area (Å²) in [6.45, 7) is 7.16. The minimum absolute atomic E-state index is 0.0433. The number of benzene rings is 2. The molecule has 1 heterocycles. The van der Waals surface area contributed by atoms with Gasteiger partial charge in [-0.2, -0.15) is 13.2 Å². The van der Waals surface area contributed by atoms with Crippen molar-refractivity contribution in [2.75, 3.05) is 7.05 Å². The molecule has 2 aromatic rings. The van der Waals surface area contributed by atoms with Crippen LogP contribution in [0.2, 0.25) is 0 Å². The van der Waals surface area contributed by atoms with Crippen LogP contribution in [0, 0.1) is 6.57 Å². The SMILES string of the molecule is [C-]#[N+]c1cc(C(F)(F)F)cc2c1[N+](C)=C=[N+]2c1ccccc1. The lowest BCUT2D eigenvalue weighted by Gasteiger charge is -2.07. The fraction of sp³-hybridized carbons (Fsp3) is 0.125. The normalized spacial score (nSPS) is 13.2. The third-order valence-corrected chi connectivity index (χ3v) is 3.36. The number of rotatable bonds is 1. The first-order chi connectivity index (χ1) is 10.4. The smallest absolute Gasteiger partial charge is 0.231 e. The largest absolute Gasteiger partial charge is 0.495 e. The van der Waals surface area contributed by atoms with Gasteiger partial charge in [0.25, 0.3) is 17.1 Å². The average Bonchev–Trinajstić information content (AvgIpc) is 2.84. The van der Waals surface area contributed by atoms with E-state index in [0.29, 0.717) is 17.1 Å². The topological polar surface area (TPSA) is 10.4 Å². The molecule has 0 fully saturated rings. The number of para-hydroxylation sites is 1. The Morgan fingerprint density at radius 1 is 1.14 bits per heavy atom. The average molecular weight is 301 g/mol. The number of halogens is 3. The van der Waals surface area contributed by atoms with E-state index in [1.807, 2.05) is 6.07 Å². The molecule has 0 atom stereocenters. The Kier molecular flexibility index (Phi) is 3.09. The fourth-order valence-electron chi connectivity index (χ4n) is 2.39. The zero-order valence-corrected chi connectivity index (χ0v) is 11.5. The van der Waals surface area contributed by atoms with E-state index in [0.717, 1.165) is 12.1 Å². The molecule has 0 N–H and O–H groups in total. The molecule has 2 aromatic carbocycles. The van der Waals surface area contributed by atoms with Gasteiger partial charge in [0.2, 0.25) is 5.69 Å². The molecule has 0 saturated carbocycles. The van der Waals surface area contributed by atoms with Crippen molar-refractivity contribution >= 4 is 28.8 Å². The van der Waals surface area contributed by atoms with Gasteiger partial charge in [0.1, 0.15) is 0 Å². The van der Waals surface area contributed by atoms with E-state index in [9.17, 15) is 13.2 Å². The van der Waals surface area contributed by atoms with Gasteiger partial charge in [0.15, 0.2) is 7.05 Å². The summed E-state index contributed by atoms with van der Waals surface area (Å²) in [5, 5.41) is 0. The molecule has 3 nitrogen and oxygen atoms in total. The molecule has 22 heavy (non-hydrogen) atoms. The minimum atomic E-state index is -4.50. The molecule has 0 aromatic heterocycles. The highest BCUT2D eigenvalue weighted by Crippen LogP contribution is 2.44. The summed E-state index contributed by atoms with van der Waals surface area (Å²) >= 11 is 0. The van der Waals surface area contributed by atoms with Gasteiger partial charge in [-0.05, 0) is 10.6 Å². The Bertz CT molecular complexity index is 868. The van der Waals surface area contributed by atoms with Gasteiger partial charge in [0.05, 0.1) is 12.1 Å². The van der Waals surface area contributed by atoms with E-state index in [1.54, 1.807) is 31.3 Å². The molecule has 0 unspecified atom stereocenters. The van der Waals surface area contributed by atoms with E-state index < -0.39 is 11.7 Å². The van der Waals surface area contributed by atoms with Crippen molar-refractivity contribution in [1.29, 1.82) is 0 Å². The Morgan fingerprint density at radius 2 is 1.82 bits per heavy atom. The Labute approximate surface area is 124 Å². The molecule has 0 bridgehead atoms. The van der Waals surface area contributed by atoms with Crippen molar-refractivity contribution in [3.63, 3.8) is 0 Å². The molecule has 108 valence electrons. The van der Waals surface area contributed by atoms with Crippen molar-refractivity contribution < 1.29 is 17.7 Å². The predicted molar refractivity (Wildman–Crippen MR) is 76.5 cm³/mol. The fourth-order valence-corrected chi connectivity index (χ4v) is 2.39. The third kappa shape index (κ3) is 2.18. The maximum atomic E-state index is 13.0. The van der Waals surface area contributed by atoms with Crippen molar-refractivity contribution in [3.8, 4) is 0 Å². The van der Waals surface area contributed by atoms with Crippen LogP contribution < -0.4 is 4.58 Å². The first-order valence-corrected chi connectivity index (χ1v) is 6.39. The van der Waals surface area contributed by atoms with Crippen LogP contribution in [0.5, 0.6) is 0 Å². The van der Waals surface area contributed by atoms with Crippen LogP contribution in [0.15, 0.2) is 42.5 Å². The summed E-state index contributed by atoms with van der Waals surface area (Å²) in [6, 6.07) is 13.8. The van der Waals surface area contributed by atoms with Crippen LogP contribution in [0.1, 0.15) is 5.56 Å². The van der Waals surface area contributed by atoms with Crippen LogP contribution in [0.3, 0.4) is 0 Å². The van der Waals surface area contributed by atoms with Gasteiger partial charge in [-0.25, -0.2) is 4.85 Å². The van der Waals surface area contributed by atoms with Crippen molar-refractivity contribution in [1.82, 2.24) is 4.58 Å². The molecular weight excluding hydrogens is 291 g/mol. The van der Waals surface area contributed by atoms with Crippen molar-refractivity contribution in [2.24, 2.45) is 0 Å². The predicted octanol–water partition coefficient (Wildman–Crippen LogP) is 4.55. The number of fused-ring (bicyclic) bond motifs is 1. The first-order valence-electron chi connectivity index (χ1n) is 6.39. The maximum Gasteiger partial charge on any atom is 0.495 e. The molecular formula is C16H10F3N3+2. The van der Waals surface area contributed by atoms with E-state index >= 15 is 0 Å². The van der Waals surface area contributed by atoms with Gasteiger partial charge in [-0.3, -0.25) is 0 Å². The van der Waals surface area contributed by atoms with Gasteiger partial charge < -0.3 is 0 Å². The highest BCUT2D eigenvalue weighted by atomic mass is 19.4. The molecule has 1 aliphatic rings. The van der Waals surface area contributed by atoms with Crippen LogP contribution in [-0.4, -0.2) is 17.6 Å². The maximum absolute atomic E-state index is 13.0. The van der Waals surface area contributed by atoms with Gasteiger partial charge in [0, 0.05) is 18.2 Å². The summed E-state index contributed by atoms with van der Waals surface area (Å²) in [7, 11) is 1.66. The van der Waals surface area contributed by atoms with Gasteiger partial charge in [-0.15, -0.1) is 0 Å². The van der Waals surface area contributed by atoms with E-state index in [-0.39, 0.29) is 5.69 Å². The number of alkyl halides is 3. The molecule has 0 aliphatic carbocycles. The Morgan fingerprint density at radius 3 is 2.41 bits per heavy atom. The second-order valence-electron chi connectivity index (χ2n) is 4.80. The summed E-state index contributed by atoms with van der Waals surface area (Å²) < 4.78 is 42.2. The molecule has 0 spiro atoms. The number of hydrogen-bond donors (Lipinski definition) is 0. The van der Waals surface area contributed by atoms with Crippen LogP contribution in [-0.2, 0) is 6.18 Å². The quantitative estimate of drug-likeness (QED) is 0.540. The lowest BCUT2D eigenvalue weighted by molar-refractivity contribution is -0.393. The third-order valence-electron chi connectivity index (χ3n) is 3.36. The van der Waals surface area contributed by atoms with E-state index in [1.165, 1.54) is 9.15 Å². The monoisotopic (exact) mass is 301 g/mol. The standard InChI is InChI=1S/C16H10F3N3/c1-20-13-8-11(16(17,18)19)9-14-15(13)21(2)10-22(14)12-6-4-3-5-7-12/h3-9H,2H3/q+2. The minimum Gasteiger partial charge on any atom is -0.231 e. The van der Waals surface area contributed by atoms with Crippen LogP contribution in [0.25, 0.3) is 4.85 Å². The molecule has 3 rings (SSSR count). The zero-order chi connectivity index (χ0) is 15.9. The molecule has 0 radical (unpaired) electrons. The van der Waals surface area contributed by atoms with E-state index in [4.69, 9.17) is 6.57 Å². The Hall–Kier alpha value is -2.90. The summed E-state index contributed by atoms with van der Waals surface area (Å²) in [5.41, 5.74) is 0.526. The lowest BCUT2D eigenvalue weighted by atomic mass is 10.1. The first kappa shape index (κ1) is 14.1. The number of hydrogen-bond acceptors (Lipinski definition) is 0. The number of nitrogens with zero attached hydrogens (tertiary/aromatic N) is 3. The second kappa shape index (κ2) is 4.83. The summed E-state index contributed by atoms with van der Waals surface area (Å²) in [4.78, 5) is 3.24. The van der Waals surface area contributed by atoms with E-state index in [2.05, 4.69) is 10.9 Å². The Balaban J connectivity index is 2.28. The second-order valence-corrected chi connectivity index (χ2v) is 4.80. The molecule has 1 aliphatic heterocycles. The molecule has 6 heteroatoms. The molecule has 0 amide bonds. The van der Waals surface area contributed by atoms with Crippen molar-refractivity contribution in [2.45, 2.75) is 6.18 Å². The summed E-state index contributed by atoms with van der Waals surface area (Å²) in [6.07, 6.45) is -4.50. The lowest BCUT2D eigenvalue weighted by Crippen LogP contribution is -2.06. The van der Waals surface area contributed by atoms with Gasteiger partial charge in [-0.1, -0.05) is 22.8 Å². The van der Waals surface area contributed by atoms with Gasteiger partial charge >= 0.3 is 12.2 Å². The van der Waals surface area contributed by atoms with Crippen LogP contribution >= 0.6 is 0 Å².